The van der Waals surface area contributed by atoms with Crippen molar-refractivity contribution in [2.45, 2.75) is 45.6 Å². The van der Waals surface area contributed by atoms with Crippen molar-refractivity contribution in [1.29, 1.82) is 0 Å². The van der Waals surface area contributed by atoms with E-state index in [9.17, 15) is 0 Å². The van der Waals surface area contributed by atoms with E-state index in [1.54, 1.807) is 0 Å². The van der Waals surface area contributed by atoms with E-state index in [2.05, 4.69) is 26.1 Å². The Balaban J connectivity index is 2.68. The van der Waals surface area contributed by atoms with Gasteiger partial charge in [-0.25, -0.2) is 0 Å². The summed E-state index contributed by atoms with van der Waals surface area (Å²) < 4.78 is 0. The van der Waals surface area contributed by atoms with Gasteiger partial charge in [0.1, 0.15) is 0 Å². The molecule has 0 spiro atoms. The number of piperidine rings is 1. The summed E-state index contributed by atoms with van der Waals surface area (Å²) in [5.74, 6) is 0. The summed E-state index contributed by atoms with van der Waals surface area (Å²) in [6.45, 7) is 8.98. The van der Waals surface area contributed by atoms with Crippen molar-refractivity contribution in [2.24, 2.45) is 11.1 Å². The van der Waals surface area contributed by atoms with Gasteiger partial charge in [-0.05, 0) is 37.8 Å². The van der Waals surface area contributed by atoms with Crippen molar-refractivity contribution in [3.05, 3.63) is 0 Å². The molecule has 0 aromatic heterocycles. The van der Waals surface area contributed by atoms with Crippen molar-refractivity contribution in [3.8, 4) is 0 Å². The zero-order chi connectivity index (χ0) is 9.24. The number of rotatable bonds is 2. The topological polar surface area (TPSA) is 38.0 Å². The minimum Gasteiger partial charge on any atom is -0.325 e. The number of nitrogens with one attached hydrogen (secondary N) is 1. The Labute approximate surface area is 75.9 Å². The molecule has 1 heterocycles. The lowest BCUT2D eigenvalue weighted by Crippen LogP contribution is -2.58. The van der Waals surface area contributed by atoms with Crippen LogP contribution in [0.2, 0.25) is 0 Å². The van der Waals surface area contributed by atoms with Gasteiger partial charge in [-0.15, -0.1) is 0 Å². The third-order valence-corrected chi connectivity index (χ3v) is 3.73. The smallest absolute Gasteiger partial charge is 0.0230 e. The highest BCUT2D eigenvalue weighted by Gasteiger charge is 2.40. The highest BCUT2D eigenvalue weighted by molar-refractivity contribution is 4.99. The van der Waals surface area contributed by atoms with Crippen LogP contribution in [0.3, 0.4) is 0 Å². The molecule has 1 aliphatic heterocycles. The van der Waals surface area contributed by atoms with Crippen LogP contribution >= 0.6 is 0 Å². The molecule has 0 aromatic carbocycles. The van der Waals surface area contributed by atoms with Crippen molar-refractivity contribution in [3.63, 3.8) is 0 Å². The van der Waals surface area contributed by atoms with Crippen LogP contribution in [-0.2, 0) is 0 Å². The summed E-state index contributed by atoms with van der Waals surface area (Å²) in [6, 6.07) is 0. The van der Waals surface area contributed by atoms with Gasteiger partial charge in [-0.2, -0.15) is 0 Å². The second kappa shape index (κ2) is 3.35. The van der Waals surface area contributed by atoms with Crippen LogP contribution in [0.1, 0.15) is 40.0 Å². The van der Waals surface area contributed by atoms with Gasteiger partial charge in [-0.3, -0.25) is 0 Å². The summed E-state index contributed by atoms with van der Waals surface area (Å²) in [6.07, 6.45) is 3.41. The van der Waals surface area contributed by atoms with Crippen molar-refractivity contribution in [2.75, 3.05) is 13.1 Å². The number of hydrogen-bond donors (Lipinski definition) is 2. The molecule has 0 radical (unpaired) electrons. The van der Waals surface area contributed by atoms with E-state index in [4.69, 9.17) is 5.73 Å². The first-order valence-electron chi connectivity index (χ1n) is 5.01. The Morgan fingerprint density at radius 2 is 1.83 bits per heavy atom. The van der Waals surface area contributed by atoms with Gasteiger partial charge in [0.25, 0.3) is 0 Å². The Bertz CT molecular complexity index is 146. The fourth-order valence-corrected chi connectivity index (χ4v) is 1.90. The molecular formula is C10H22N2. The SMILES string of the molecule is CCC(C)(C)C1(N)CCNCC1. The van der Waals surface area contributed by atoms with Crippen LogP contribution in [0.15, 0.2) is 0 Å². The predicted molar refractivity (Wildman–Crippen MR) is 53.1 cm³/mol. The average molecular weight is 170 g/mol. The quantitative estimate of drug-likeness (QED) is 0.659. The number of hydrogen-bond acceptors (Lipinski definition) is 2. The zero-order valence-electron chi connectivity index (χ0n) is 8.61. The van der Waals surface area contributed by atoms with Crippen LogP contribution in [-0.4, -0.2) is 18.6 Å². The second-order valence-corrected chi connectivity index (χ2v) is 4.64. The lowest BCUT2D eigenvalue weighted by Gasteiger charge is -2.46. The fourth-order valence-electron chi connectivity index (χ4n) is 1.90. The maximum absolute atomic E-state index is 6.41. The Morgan fingerprint density at radius 3 is 2.25 bits per heavy atom. The summed E-state index contributed by atoms with van der Waals surface area (Å²) in [4.78, 5) is 0. The van der Waals surface area contributed by atoms with Crippen molar-refractivity contribution < 1.29 is 0 Å². The maximum Gasteiger partial charge on any atom is 0.0230 e. The molecule has 1 saturated heterocycles. The monoisotopic (exact) mass is 170 g/mol. The number of nitrogens with two attached hydrogens (primary N) is 1. The Kier molecular flexibility index (Phi) is 2.79. The highest BCUT2D eigenvalue weighted by atomic mass is 14.9. The third kappa shape index (κ3) is 1.64. The Hall–Kier alpha value is -0.0800. The van der Waals surface area contributed by atoms with Crippen LogP contribution in [0, 0.1) is 5.41 Å². The first-order valence-corrected chi connectivity index (χ1v) is 5.01. The molecule has 0 amide bonds. The molecule has 2 nitrogen and oxygen atoms in total. The third-order valence-electron chi connectivity index (χ3n) is 3.73. The summed E-state index contributed by atoms with van der Waals surface area (Å²) in [5, 5.41) is 3.36. The molecular weight excluding hydrogens is 148 g/mol. The van der Waals surface area contributed by atoms with Gasteiger partial charge >= 0.3 is 0 Å². The summed E-state index contributed by atoms with van der Waals surface area (Å²) >= 11 is 0. The highest BCUT2D eigenvalue weighted by Crippen LogP contribution is 2.37. The minimum atomic E-state index is 0.0625. The van der Waals surface area contributed by atoms with E-state index in [1.165, 1.54) is 6.42 Å². The van der Waals surface area contributed by atoms with E-state index in [0.717, 1.165) is 25.9 Å². The molecule has 0 saturated carbocycles. The largest absolute Gasteiger partial charge is 0.325 e. The van der Waals surface area contributed by atoms with Crippen LogP contribution in [0.4, 0.5) is 0 Å². The van der Waals surface area contributed by atoms with Crippen molar-refractivity contribution in [1.82, 2.24) is 5.32 Å². The van der Waals surface area contributed by atoms with E-state index < -0.39 is 0 Å². The molecule has 1 aliphatic rings. The van der Waals surface area contributed by atoms with Crippen molar-refractivity contribution >= 4 is 0 Å². The molecule has 1 fully saturated rings. The lowest BCUT2D eigenvalue weighted by molar-refractivity contribution is 0.117. The molecule has 0 bridgehead atoms. The van der Waals surface area contributed by atoms with Crippen LogP contribution < -0.4 is 11.1 Å². The average Bonchev–Trinajstić information content (AvgIpc) is 2.06. The van der Waals surface area contributed by atoms with E-state index in [1.807, 2.05) is 0 Å². The standard InChI is InChI=1S/C10H22N2/c1-4-9(2,3)10(11)5-7-12-8-6-10/h12H,4-8,11H2,1-3H3. The summed E-state index contributed by atoms with van der Waals surface area (Å²) in [5.41, 5.74) is 6.76. The maximum atomic E-state index is 6.41. The van der Waals surface area contributed by atoms with Gasteiger partial charge < -0.3 is 11.1 Å². The first kappa shape index (κ1) is 10.0. The lowest BCUT2D eigenvalue weighted by atomic mass is 9.66. The molecule has 72 valence electrons. The molecule has 3 N–H and O–H groups in total. The van der Waals surface area contributed by atoms with Gasteiger partial charge in [0, 0.05) is 5.54 Å². The molecule has 2 heteroatoms. The van der Waals surface area contributed by atoms with Gasteiger partial charge in [0.15, 0.2) is 0 Å². The molecule has 0 unspecified atom stereocenters. The Morgan fingerprint density at radius 1 is 1.33 bits per heavy atom. The molecule has 0 aromatic rings. The zero-order valence-corrected chi connectivity index (χ0v) is 8.61. The van der Waals surface area contributed by atoms with Crippen LogP contribution in [0.5, 0.6) is 0 Å². The molecule has 12 heavy (non-hydrogen) atoms. The first-order chi connectivity index (χ1) is 5.52. The van der Waals surface area contributed by atoms with E-state index >= 15 is 0 Å². The molecule has 0 atom stereocenters. The molecule has 1 rings (SSSR count). The van der Waals surface area contributed by atoms with Gasteiger partial charge in [0.2, 0.25) is 0 Å². The molecule has 0 aliphatic carbocycles. The predicted octanol–water partition coefficient (Wildman–Crippen LogP) is 1.50. The second-order valence-electron chi connectivity index (χ2n) is 4.64. The summed E-state index contributed by atoms with van der Waals surface area (Å²) in [7, 11) is 0. The minimum absolute atomic E-state index is 0.0625. The van der Waals surface area contributed by atoms with Gasteiger partial charge in [-0.1, -0.05) is 20.8 Å². The van der Waals surface area contributed by atoms with E-state index in [-0.39, 0.29) is 11.0 Å². The fraction of sp³-hybridized carbons (Fsp3) is 1.00. The van der Waals surface area contributed by atoms with Crippen LogP contribution in [0.25, 0.3) is 0 Å². The normalized spacial score (nSPS) is 24.0. The van der Waals surface area contributed by atoms with E-state index in [0.29, 0.717) is 0 Å². The van der Waals surface area contributed by atoms with Gasteiger partial charge in [0.05, 0.1) is 0 Å².